The molecule has 1 aromatic heterocycles. The molecule has 2 aliphatic rings. The van der Waals surface area contributed by atoms with E-state index in [9.17, 15) is 13.2 Å². The zero-order chi connectivity index (χ0) is 21.0. The Labute approximate surface area is 175 Å². The van der Waals surface area contributed by atoms with E-state index in [0.717, 1.165) is 31.6 Å². The molecule has 0 bridgehead atoms. The van der Waals surface area contributed by atoms with E-state index < -0.39 is 10.0 Å². The van der Waals surface area contributed by atoms with Crippen LogP contribution >= 0.6 is 0 Å². The van der Waals surface area contributed by atoms with Gasteiger partial charge in [0.25, 0.3) is 10.0 Å². The largest absolute Gasteiger partial charge is 0.341 e. The van der Waals surface area contributed by atoms with E-state index in [0.29, 0.717) is 38.4 Å². The lowest BCUT2D eigenvalue weighted by Gasteiger charge is -2.31. The van der Waals surface area contributed by atoms with E-state index in [-0.39, 0.29) is 16.9 Å². The molecular formula is C21H36N4O3S. The second-order valence-corrected chi connectivity index (χ2v) is 10.6. The van der Waals surface area contributed by atoms with Gasteiger partial charge in [0.05, 0.1) is 0 Å². The monoisotopic (exact) mass is 424 g/mol. The molecule has 0 radical (unpaired) electrons. The average molecular weight is 425 g/mol. The molecule has 7 nitrogen and oxygen atoms in total. The highest BCUT2D eigenvalue weighted by Gasteiger charge is 2.33. The van der Waals surface area contributed by atoms with Crippen molar-refractivity contribution in [2.75, 3.05) is 26.2 Å². The predicted octanol–water partition coefficient (Wildman–Crippen LogP) is 2.95. The number of aryl methyl sites for hydroxylation is 2. The van der Waals surface area contributed by atoms with Crippen LogP contribution in [0, 0.1) is 18.8 Å². The number of unbranched alkanes of at least 4 members (excludes halogenated alkanes) is 1. The minimum Gasteiger partial charge on any atom is -0.341 e. The molecule has 2 heterocycles. The third kappa shape index (κ3) is 5.20. The van der Waals surface area contributed by atoms with Crippen molar-refractivity contribution in [3.05, 3.63) is 12.0 Å². The van der Waals surface area contributed by atoms with Gasteiger partial charge in [-0.05, 0) is 44.9 Å². The Kier molecular flexibility index (Phi) is 7.37. The van der Waals surface area contributed by atoms with Gasteiger partial charge in [0, 0.05) is 45.3 Å². The van der Waals surface area contributed by atoms with Gasteiger partial charge in [0.1, 0.15) is 5.82 Å². The van der Waals surface area contributed by atoms with Gasteiger partial charge in [0.15, 0.2) is 5.03 Å². The molecule has 0 N–H and O–H groups in total. The van der Waals surface area contributed by atoms with Crippen molar-refractivity contribution in [2.45, 2.75) is 70.2 Å². The maximum atomic E-state index is 13.0. The Morgan fingerprint density at radius 1 is 1.14 bits per heavy atom. The summed E-state index contributed by atoms with van der Waals surface area (Å²) < 4.78 is 29.1. The second-order valence-electron chi connectivity index (χ2n) is 8.68. The lowest BCUT2D eigenvalue weighted by molar-refractivity contribution is -0.136. The molecule has 1 aromatic rings. The van der Waals surface area contributed by atoms with Gasteiger partial charge in [-0.1, -0.05) is 26.2 Å². The van der Waals surface area contributed by atoms with Gasteiger partial charge in [0.2, 0.25) is 5.91 Å². The standard InChI is InChI=1S/C21H36N4O3S/c1-4-5-7-18-8-10-19(11-9-18)21(26)24-12-6-13-25(15-14-24)29(27,28)20-16-23(3)17(2)22-20/h16,18-19H,4-15H2,1-3H3. The molecule has 3 rings (SSSR count). The first-order valence-corrected chi connectivity index (χ1v) is 12.6. The molecule has 1 aliphatic heterocycles. The number of carbonyl (C=O) groups is 1. The molecule has 0 aromatic carbocycles. The number of carbonyl (C=O) groups excluding carboxylic acids is 1. The zero-order valence-corrected chi connectivity index (χ0v) is 19.0. The summed E-state index contributed by atoms with van der Waals surface area (Å²) in [5.41, 5.74) is 0. The number of amides is 1. The van der Waals surface area contributed by atoms with Gasteiger partial charge in [-0.2, -0.15) is 4.31 Å². The van der Waals surface area contributed by atoms with Crippen LogP contribution < -0.4 is 0 Å². The van der Waals surface area contributed by atoms with Crippen molar-refractivity contribution in [3.8, 4) is 0 Å². The summed E-state index contributed by atoms with van der Waals surface area (Å²) in [7, 11) is -1.82. The number of hydrogen-bond donors (Lipinski definition) is 0. The van der Waals surface area contributed by atoms with Gasteiger partial charge in [-0.25, -0.2) is 13.4 Å². The van der Waals surface area contributed by atoms with E-state index in [4.69, 9.17) is 0 Å². The smallest absolute Gasteiger partial charge is 0.262 e. The van der Waals surface area contributed by atoms with Crippen molar-refractivity contribution in [1.29, 1.82) is 0 Å². The summed E-state index contributed by atoms with van der Waals surface area (Å²) in [6, 6.07) is 0. The maximum absolute atomic E-state index is 13.0. The molecule has 164 valence electrons. The van der Waals surface area contributed by atoms with Gasteiger partial charge < -0.3 is 9.47 Å². The summed E-state index contributed by atoms with van der Waals surface area (Å²) in [6.45, 7) is 5.91. The Hall–Kier alpha value is -1.41. The van der Waals surface area contributed by atoms with Crippen molar-refractivity contribution in [1.82, 2.24) is 18.8 Å². The molecule has 0 spiro atoms. The van der Waals surface area contributed by atoms with Crippen LogP contribution in [0.1, 0.15) is 64.1 Å². The van der Waals surface area contributed by atoms with E-state index in [1.54, 1.807) is 24.7 Å². The quantitative estimate of drug-likeness (QED) is 0.704. The van der Waals surface area contributed by atoms with Crippen LogP contribution in [0.2, 0.25) is 0 Å². The van der Waals surface area contributed by atoms with Crippen molar-refractivity contribution in [3.63, 3.8) is 0 Å². The topological polar surface area (TPSA) is 75.5 Å². The number of imidazole rings is 1. The number of sulfonamides is 1. The van der Waals surface area contributed by atoms with Crippen LogP contribution in [0.15, 0.2) is 11.2 Å². The lowest BCUT2D eigenvalue weighted by atomic mass is 9.79. The third-order valence-corrected chi connectivity index (χ3v) is 8.39. The molecule has 1 saturated carbocycles. The Morgan fingerprint density at radius 2 is 1.86 bits per heavy atom. The SMILES string of the molecule is CCCCC1CCC(C(=O)N2CCCN(S(=O)(=O)c3cn(C)c(C)n3)CC2)CC1. The number of nitrogens with zero attached hydrogens (tertiary/aromatic N) is 4. The van der Waals surface area contributed by atoms with Crippen molar-refractivity contribution < 1.29 is 13.2 Å². The first kappa shape index (κ1) is 22.3. The third-order valence-electron chi connectivity index (χ3n) is 6.62. The van der Waals surface area contributed by atoms with Crippen LogP contribution in [0.5, 0.6) is 0 Å². The minimum absolute atomic E-state index is 0.0997. The summed E-state index contributed by atoms with van der Waals surface area (Å²) in [5.74, 6) is 1.80. The fraction of sp³-hybridized carbons (Fsp3) is 0.810. The Morgan fingerprint density at radius 3 is 2.48 bits per heavy atom. The number of rotatable bonds is 6. The summed E-state index contributed by atoms with van der Waals surface area (Å²) in [6.07, 6.45) is 10.3. The van der Waals surface area contributed by atoms with Crippen LogP contribution in [0.4, 0.5) is 0 Å². The van der Waals surface area contributed by atoms with Crippen molar-refractivity contribution in [2.24, 2.45) is 18.9 Å². The molecule has 0 unspecified atom stereocenters. The van der Waals surface area contributed by atoms with E-state index in [1.165, 1.54) is 23.6 Å². The summed E-state index contributed by atoms with van der Waals surface area (Å²) in [5, 5.41) is 0.0997. The summed E-state index contributed by atoms with van der Waals surface area (Å²) in [4.78, 5) is 19.1. The summed E-state index contributed by atoms with van der Waals surface area (Å²) >= 11 is 0. The zero-order valence-electron chi connectivity index (χ0n) is 18.1. The Bertz CT molecular complexity index is 777. The van der Waals surface area contributed by atoms with Gasteiger partial charge in [-0.3, -0.25) is 4.79 Å². The first-order valence-electron chi connectivity index (χ1n) is 11.1. The highest BCUT2D eigenvalue weighted by atomic mass is 32.2. The number of hydrogen-bond acceptors (Lipinski definition) is 4. The van der Waals surface area contributed by atoms with Crippen LogP contribution in [0.3, 0.4) is 0 Å². The second kappa shape index (κ2) is 9.60. The lowest BCUT2D eigenvalue weighted by Crippen LogP contribution is -2.41. The number of aromatic nitrogens is 2. The normalized spacial score (nSPS) is 24.4. The average Bonchev–Trinajstić information content (AvgIpc) is 2.92. The van der Waals surface area contributed by atoms with Crippen molar-refractivity contribution >= 4 is 15.9 Å². The molecule has 1 amide bonds. The Balaban J connectivity index is 1.56. The van der Waals surface area contributed by atoms with E-state index >= 15 is 0 Å². The molecule has 29 heavy (non-hydrogen) atoms. The van der Waals surface area contributed by atoms with Gasteiger partial charge in [-0.15, -0.1) is 0 Å². The molecule has 1 aliphatic carbocycles. The molecule has 0 atom stereocenters. The minimum atomic E-state index is -3.61. The van der Waals surface area contributed by atoms with Gasteiger partial charge >= 0.3 is 0 Å². The van der Waals surface area contributed by atoms with Crippen LogP contribution in [0.25, 0.3) is 0 Å². The molecular weight excluding hydrogens is 388 g/mol. The molecule has 2 fully saturated rings. The van der Waals surface area contributed by atoms with E-state index in [2.05, 4.69) is 11.9 Å². The highest BCUT2D eigenvalue weighted by molar-refractivity contribution is 7.89. The fourth-order valence-corrected chi connectivity index (χ4v) is 6.08. The van der Waals surface area contributed by atoms with Crippen LogP contribution in [-0.2, 0) is 21.9 Å². The molecule has 1 saturated heterocycles. The first-order chi connectivity index (χ1) is 13.8. The maximum Gasteiger partial charge on any atom is 0.262 e. The van der Waals surface area contributed by atoms with Crippen LogP contribution in [-0.4, -0.2) is 59.3 Å². The highest BCUT2D eigenvalue weighted by Crippen LogP contribution is 2.33. The predicted molar refractivity (Wildman–Crippen MR) is 113 cm³/mol. The molecule has 8 heteroatoms. The van der Waals surface area contributed by atoms with E-state index in [1.807, 2.05) is 4.90 Å². The fourth-order valence-electron chi connectivity index (χ4n) is 4.59.